The molecule has 172 valence electrons. The van der Waals surface area contributed by atoms with Crippen molar-refractivity contribution in [3.8, 4) is 0 Å². The number of rotatable bonds is 7. The summed E-state index contributed by atoms with van der Waals surface area (Å²) in [5.41, 5.74) is 1.86. The minimum atomic E-state index is -0.609. The third kappa shape index (κ3) is 5.98. The van der Waals surface area contributed by atoms with Gasteiger partial charge >= 0.3 is 11.9 Å². The summed E-state index contributed by atoms with van der Waals surface area (Å²) in [4.78, 5) is 54.2. The SMILES string of the molecule is CCOC(=O)c1ccc(N=C2SC(CC(=O)Nc3ccc(C(=O)OC)cc3)C(=O)N2C)cc1. The van der Waals surface area contributed by atoms with E-state index in [0.29, 0.717) is 34.3 Å². The molecule has 1 saturated heterocycles. The topological polar surface area (TPSA) is 114 Å². The second-order valence-corrected chi connectivity index (χ2v) is 8.16. The number of thioether (sulfide) groups is 1. The lowest BCUT2D eigenvalue weighted by molar-refractivity contribution is -0.127. The molecule has 0 bridgehead atoms. The van der Waals surface area contributed by atoms with Gasteiger partial charge in [-0.3, -0.25) is 14.5 Å². The largest absolute Gasteiger partial charge is 0.465 e. The van der Waals surface area contributed by atoms with Crippen LogP contribution in [0.1, 0.15) is 34.1 Å². The fraction of sp³-hybridized carbons (Fsp3) is 0.261. The molecular weight excluding hydrogens is 446 g/mol. The van der Waals surface area contributed by atoms with Gasteiger partial charge in [-0.1, -0.05) is 11.8 Å². The van der Waals surface area contributed by atoms with Crippen molar-refractivity contribution in [3.63, 3.8) is 0 Å². The fourth-order valence-electron chi connectivity index (χ4n) is 2.98. The molecule has 0 spiro atoms. The zero-order valence-corrected chi connectivity index (χ0v) is 19.2. The number of benzene rings is 2. The number of hydrogen-bond acceptors (Lipinski definition) is 8. The summed E-state index contributed by atoms with van der Waals surface area (Å²) in [6.07, 6.45) is -0.0343. The summed E-state index contributed by atoms with van der Waals surface area (Å²) < 4.78 is 9.60. The molecule has 0 radical (unpaired) electrons. The first-order chi connectivity index (χ1) is 15.8. The first-order valence-electron chi connectivity index (χ1n) is 10.1. The van der Waals surface area contributed by atoms with Gasteiger partial charge in [-0.05, 0) is 55.5 Å². The van der Waals surface area contributed by atoms with Crippen molar-refractivity contribution < 1.29 is 28.7 Å². The van der Waals surface area contributed by atoms with E-state index in [-0.39, 0.29) is 18.2 Å². The Balaban J connectivity index is 1.61. The number of carbonyl (C=O) groups excluding carboxylic acids is 4. The Labute approximate surface area is 195 Å². The molecule has 9 nitrogen and oxygen atoms in total. The van der Waals surface area contributed by atoms with E-state index in [4.69, 9.17) is 4.74 Å². The molecule has 33 heavy (non-hydrogen) atoms. The monoisotopic (exact) mass is 469 g/mol. The molecule has 3 rings (SSSR count). The van der Waals surface area contributed by atoms with Crippen molar-refractivity contribution in [2.75, 3.05) is 26.1 Å². The molecule has 10 heteroatoms. The zero-order chi connectivity index (χ0) is 24.0. The van der Waals surface area contributed by atoms with E-state index in [2.05, 4.69) is 15.0 Å². The molecule has 1 fully saturated rings. The molecule has 1 N–H and O–H groups in total. The summed E-state index contributed by atoms with van der Waals surface area (Å²) in [5.74, 6) is -1.44. The van der Waals surface area contributed by atoms with Crippen molar-refractivity contribution in [2.24, 2.45) is 4.99 Å². The van der Waals surface area contributed by atoms with Crippen LogP contribution in [0.15, 0.2) is 53.5 Å². The van der Waals surface area contributed by atoms with E-state index in [1.54, 1.807) is 62.5 Å². The van der Waals surface area contributed by atoms with E-state index in [9.17, 15) is 19.2 Å². The molecule has 2 amide bonds. The molecule has 1 aliphatic heterocycles. The van der Waals surface area contributed by atoms with Crippen molar-refractivity contribution in [2.45, 2.75) is 18.6 Å². The van der Waals surface area contributed by atoms with E-state index in [0.717, 1.165) is 0 Å². The summed E-state index contributed by atoms with van der Waals surface area (Å²) in [7, 11) is 2.89. The van der Waals surface area contributed by atoms with Crippen molar-refractivity contribution in [1.82, 2.24) is 4.90 Å². The van der Waals surface area contributed by atoms with Crippen LogP contribution in [-0.2, 0) is 19.1 Å². The number of methoxy groups -OCH3 is 1. The predicted octanol–water partition coefficient (Wildman–Crippen LogP) is 3.24. The lowest BCUT2D eigenvalue weighted by Gasteiger charge is -2.09. The Hall–Kier alpha value is -3.66. The normalized spacial score (nSPS) is 16.6. The van der Waals surface area contributed by atoms with E-state index >= 15 is 0 Å². The smallest absolute Gasteiger partial charge is 0.338 e. The van der Waals surface area contributed by atoms with Crippen LogP contribution >= 0.6 is 11.8 Å². The predicted molar refractivity (Wildman–Crippen MR) is 125 cm³/mol. The maximum atomic E-state index is 12.6. The van der Waals surface area contributed by atoms with Crippen LogP contribution < -0.4 is 5.32 Å². The Morgan fingerprint density at radius 1 is 1.03 bits per heavy atom. The van der Waals surface area contributed by atoms with Gasteiger partial charge in [0.15, 0.2) is 5.17 Å². The number of nitrogens with zero attached hydrogens (tertiary/aromatic N) is 2. The Kier molecular flexibility index (Phi) is 7.83. The van der Waals surface area contributed by atoms with E-state index in [1.165, 1.54) is 23.8 Å². The number of aliphatic imine (C=N–C) groups is 1. The van der Waals surface area contributed by atoms with Gasteiger partial charge in [-0.2, -0.15) is 0 Å². The van der Waals surface area contributed by atoms with Crippen LogP contribution in [0, 0.1) is 0 Å². The van der Waals surface area contributed by atoms with E-state index in [1.807, 2.05) is 0 Å². The van der Waals surface area contributed by atoms with Gasteiger partial charge in [0.2, 0.25) is 11.8 Å². The zero-order valence-electron chi connectivity index (χ0n) is 18.4. The maximum absolute atomic E-state index is 12.6. The number of anilines is 1. The number of ether oxygens (including phenoxy) is 2. The molecule has 2 aromatic carbocycles. The van der Waals surface area contributed by atoms with Gasteiger partial charge in [-0.25, -0.2) is 14.6 Å². The van der Waals surface area contributed by atoms with Crippen LogP contribution in [-0.4, -0.2) is 59.8 Å². The second-order valence-electron chi connectivity index (χ2n) is 6.99. The highest BCUT2D eigenvalue weighted by atomic mass is 32.2. The average molecular weight is 470 g/mol. The Bertz CT molecular complexity index is 1080. The standard InChI is InChI=1S/C23H23N3O6S/c1-4-32-22(30)15-7-11-17(12-8-15)25-23-26(2)20(28)18(33-23)13-19(27)24-16-9-5-14(6-10-16)21(29)31-3/h5-12,18H,4,13H2,1-3H3,(H,24,27). The summed E-state index contributed by atoms with van der Waals surface area (Å²) in [6, 6.07) is 12.8. The highest BCUT2D eigenvalue weighted by Crippen LogP contribution is 2.31. The summed E-state index contributed by atoms with van der Waals surface area (Å²) in [6.45, 7) is 2.03. The Morgan fingerprint density at radius 2 is 1.64 bits per heavy atom. The molecule has 1 unspecified atom stereocenters. The minimum absolute atomic E-state index is 0.0343. The molecule has 1 heterocycles. The van der Waals surface area contributed by atoms with Gasteiger partial charge in [0.1, 0.15) is 5.25 Å². The van der Waals surface area contributed by atoms with Crippen molar-refractivity contribution in [3.05, 3.63) is 59.7 Å². The number of hydrogen-bond donors (Lipinski definition) is 1. The van der Waals surface area contributed by atoms with Crippen LogP contribution in [0.3, 0.4) is 0 Å². The van der Waals surface area contributed by atoms with Crippen molar-refractivity contribution in [1.29, 1.82) is 0 Å². The average Bonchev–Trinajstić information content (AvgIpc) is 3.07. The summed E-state index contributed by atoms with van der Waals surface area (Å²) >= 11 is 1.20. The first kappa shape index (κ1) is 24.0. The van der Waals surface area contributed by atoms with Crippen LogP contribution in [0.2, 0.25) is 0 Å². The molecular formula is C23H23N3O6S. The number of amidine groups is 1. The van der Waals surface area contributed by atoms with Gasteiger partial charge in [0, 0.05) is 19.2 Å². The van der Waals surface area contributed by atoms with Crippen LogP contribution in [0.25, 0.3) is 0 Å². The number of carbonyl (C=O) groups is 4. The van der Waals surface area contributed by atoms with E-state index < -0.39 is 17.2 Å². The number of amides is 2. The molecule has 1 atom stereocenters. The minimum Gasteiger partial charge on any atom is -0.465 e. The fourth-order valence-corrected chi connectivity index (χ4v) is 4.14. The molecule has 0 aromatic heterocycles. The van der Waals surface area contributed by atoms with Gasteiger partial charge in [0.25, 0.3) is 0 Å². The molecule has 0 aliphatic carbocycles. The van der Waals surface area contributed by atoms with Gasteiger partial charge < -0.3 is 14.8 Å². The lowest BCUT2D eigenvalue weighted by atomic mass is 10.2. The quantitative estimate of drug-likeness (QED) is 0.619. The third-order valence-corrected chi connectivity index (χ3v) is 5.93. The van der Waals surface area contributed by atoms with Gasteiger partial charge in [-0.15, -0.1) is 0 Å². The molecule has 0 saturated carbocycles. The summed E-state index contributed by atoms with van der Waals surface area (Å²) in [5, 5.41) is 2.57. The molecule has 1 aliphatic rings. The molecule has 2 aromatic rings. The first-order valence-corrected chi connectivity index (χ1v) is 11.0. The maximum Gasteiger partial charge on any atom is 0.338 e. The highest BCUT2D eigenvalue weighted by molar-refractivity contribution is 8.15. The van der Waals surface area contributed by atoms with Gasteiger partial charge in [0.05, 0.1) is 30.5 Å². The lowest BCUT2D eigenvalue weighted by Crippen LogP contribution is -2.30. The second kappa shape index (κ2) is 10.8. The highest BCUT2D eigenvalue weighted by Gasteiger charge is 2.37. The number of esters is 2. The third-order valence-electron chi connectivity index (χ3n) is 4.70. The van der Waals surface area contributed by atoms with Crippen LogP contribution in [0.5, 0.6) is 0 Å². The Morgan fingerprint density at radius 3 is 2.24 bits per heavy atom. The van der Waals surface area contributed by atoms with Crippen molar-refractivity contribution >= 4 is 52.1 Å². The van der Waals surface area contributed by atoms with Crippen LogP contribution in [0.4, 0.5) is 11.4 Å². The number of nitrogens with one attached hydrogen (secondary N) is 1.